The first kappa shape index (κ1) is 24.7. The van der Waals surface area contributed by atoms with Gasteiger partial charge in [0.1, 0.15) is 11.5 Å². The van der Waals surface area contributed by atoms with Crippen molar-refractivity contribution >= 4 is 7.82 Å². The van der Waals surface area contributed by atoms with Crippen molar-refractivity contribution in [3.8, 4) is 44.9 Å². The van der Waals surface area contributed by atoms with E-state index in [0.29, 0.717) is 11.5 Å². The summed E-state index contributed by atoms with van der Waals surface area (Å²) in [6.45, 7) is 4.16. The lowest BCUT2D eigenvalue weighted by Gasteiger charge is -2.28. The van der Waals surface area contributed by atoms with Crippen molar-refractivity contribution in [2.24, 2.45) is 0 Å². The van der Waals surface area contributed by atoms with Crippen molar-refractivity contribution in [1.29, 1.82) is 0 Å². The fraction of sp³-hybridized carbons (Fsp3) is 0.294. The van der Waals surface area contributed by atoms with Crippen molar-refractivity contribution in [1.82, 2.24) is 0 Å². The van der Waals surface area contributed by atoms with Crippen LogP contribution in [-0.2, 0) is 30.2 Å². The molecule has 0 spiro atoms. The molecular formula is C34H33O4P. The molecule has 0 radical (unpaired) electrons. The van der Waals surface area contributed by atoms with Crippen LogP contribution in [0, 0.1) is 13.8 Å². The molecule has 3 aliphatic rings. The van der Waals surface area contributed by atoms with Gasteiger partial charge in [-0.2, -0.15) is 0 Å². The van der Waals surface area contributed by atoms with E-state index in [1.54, 1.807) is 0 Å². The Morgan fingerprint density at radius 3 is 1.46 bits per heavy atom. The number of fused-ring (bicyclic) bond motifs is 7. The van der Waals surface area contributed by atoms with Crippen molar-refractivity contribution in [3.63, 3.8) is 0 Å². The zero-order valence-corrected chi connectivity index (χ0v) is 23.4. The molecule has 0 aromatic heterocycles. The van der Waals surface area contributed by atoms with E-state index in [1.807, 2.05) is 24.3 Å². The highest BCUT2D eigenvalue weighted by molar-refractivity contribution is 7.48. The molecule has 4 nitrogen and oxygen atoms in total. The van der Waals surface area contributed by atoms with Crippen LogP contribution in [-0.4, -0.2) is 4.89 Å². The zero-order valence-electron chi connectivity index (χ0n) is 22.5. The molecule has 0 saturated carbocycles. The zero-order chi connectivity index (χ0) is 26.7. The Kier molecular flexibility index (Phi) is 5.95. The van der Waals surface area contributed by atoms with E-state index in [-0.39, 0.29) is 0 Å². The number of benzene rings is 4. The Morgan fingerprint density at radius 2 is 1.03 bits per heavy atom. The summed E-state index contributed by atoms with van der Waals surface area (Å²) in [7, 11) is -4.49. The highest BCUT2D eigenvalue weighted by atomic mass is 31.2. The number of hydrogen-bond acceptors (Lipinski definition) is 3. The molecule has 0 atom stereocenters. The van der Waals surface area contributed by atoms with Gasteiger partial charge in [-0.3, -0.25) is 4.89 Å². The third-order valence-corrected chi connectivity index (χ3v) is 9.57. The largest absolute Gasteiger partial charge is 0.584 e. The Hall–Kier alpha value is -3.33. The minimum absolute atomic E-state index is 0.490. The van der Waals surface area contributed by atoms with Crippen molar-refractivity contribution in [3.05, 3.63) is 94.0 Å². The topological polar surface area (TPSA) is 55.8 Å². The van der Waals surface area contributed by atoms with Gasteiger partial charge in [0.2, 0.25) is 0 Å². The Morgan fingerprint density at radius 1 is 0.615 bits per heavy atom. The van der Waals surface area contributed by atoms with E-state index < -0.39 is 7.82 Å². The standard InChI is InChI=1S/C34H33O4P/c1-21-11-3-7-15-25(21)29-19-23-13-5-9-17-27(23)31-32-28-18-10-6-14-24(28)20-30(26-16-8-4-12-22(26)2)34(32)38-39(35,36)37-33(29)31/h3-4,7-8,11-12,15-16,19-20H,5-6,9-10,13-14,17-18H2,1-2H3,(H,35,36). The van der Waals surface area contributed by atoms with Crippen LogP contribution in [0.5, 0.6) is 11.5 Å². The van der Waals surface area contributed by atoms with Crippen molar-refractivity contribution in [2.45, 2.75) is 65.2 Å². The van der Waals surface area contributed by atoms with Crippen LogP contribution < -0.4 is 9.05 Å². The quantitative estimate of drug-likeness (QED) is 0.260. The fourth-order valence-corrected chi connectivity index (χ4v) is 7.77. The maximum absolute atomic E-state index is 13.8. The molecule has 1 heterocycles. The van der Waals surface area contributed by atoms with Crippen LogP contribution in [0.25, 0.3) is 33.4 Å². The van der Waals surface area contributed by atoms with Gasteiger partial charge in [-0.25, -0.2) is 4.57 Å². The first-order valence-corrected chi connectivity index (χ1v) is 15.6. The number of aryl methyl sites for hydroxylation is 4. The van der Waals surface area contributed by atoms with E-state index in [1.165, 1.54) is 22.3 Å². The second-order valence-corrected chi connectivity index (χ2v) is 12.5. The number of hydrogen-bond donors (Lipinski definition) is 1. The highest BCUT2D eigenvalue weighted by Gasteiger charge is 2.40. The van der Waals surface area contributed by atoms with Gasteiger partial charge >= 0.3 is 7.82 Å². The smallest absolute Gasteiger partial charge is 0.394 e. The first-order chi connectivity index (χ1) is 18.9. The normalized spacial score (nSPS) is 17.0. The molecule has 1 N–H and O–H groups in total. The summed E-state index contributed by atoms with van der Waals surface area (Å²) in [6, 6.07) is 20.8. The Bertz CT molecular complexity index is 1560. The van der Waals surface area contributed by atoms with Gasteiger partial charge in [0.25, 0.3) is 0 Å². The maximum Gasteiger partial charge on any atom is 0.584 e. The second-order valence-electron chi connectivity index (χ2n) is 11.2. The summed E-state index contributed by atoms with van der Waals surface area (Å²) in [5.41, 5.74) is 13.1. The molecule has 5 heteroatoms. The Labute approximate surface area is 230 Å². The van der Waals surface area contributed by atoms with Crippen LogP contribution in [0.15, 0.2) is 60.7 Å². The summed E-state index contributed by atoms with van der Waals surface area (Å²) < 4.78 is 26.0. The monoisotopic (exact) mass is 536 g/mol. The molecule has 1 aliphatic heterocycles. The van der Waals surface area contributed by atoms with Gasteiger partial charge in [0, 0.05) is 22.3 Å². The predicted octanol–water partition coefficient (Wildman–Crippen LogP) is 8.93. The van der Waals surface area contributed by atoms with Gasteiger partial charge in [-0.15, -0.1) is 0 Å². The molecular weight excluding hydrogens is 503 g/mol. The molecule has 0 fully saturated rings. The minimum Gasteiger partial charge on any atom is -0.394 e. The van der Waals surface area contributed by atoms with Crippen LogP contribution >= 0.6 is 7.82 Å². The van der Waals surface area contributed by atoms with Crippen LogP contribution in [0.2, 0.25) is 0 Å². The summed E-state index contributed by atoms with van der Waals surface area (Å²) in [6.07, 6.45) is 8.31. The number of rotatable bonds is 2. The molecule has 0 amide bonds. The maximum atomic E-state index is 13.8. The summed E-state index contributed by atoms with van der Waals surface area (Å²) in [5.74, 6) is 0.980. The van der Waals surface area contributed by atoms with Crippen molar-refractivity contribution < 1.29 is 18.5 Å². The number of phosphoric acid groups is 1. The first-order valence-electron chi connectivity index (χ1n) is 14.1. The van der Waals surface area contributed by atoms with Crippen LogP contribution in [0.3, 0.4) is 0 Å². The Balaban J connectivity index is 1.66. The van der Waals surface area contributed by atoms with Gasteiger partial charge in [-0.1, -0.05) is 48.5 Å². The third kappa shape index (κ3) is 4.13. The predicted molar refractivity (Wildman–Crippen MR) is 157 cm³/mol. The second kappa shape index (κ2) is 9.40. The molecule has 7 rings (SSSR count). The lowest BCUT2D eigenvalue weighted by molar-refractivity contribution is 0.295. The van der Waals surface area contributed by atoms with E-state index in [9.17, 15) is 9.46 Å². The van der Waals surface area contributed by atoms with Crippen LogP contribution in [0.1, 0.15) is 59.1 Å². The molecule has 4 aromatic carbocycles. The third-order valence-electron chi connectivity index (χ3n) is 8.74. The molecule has 0 saturated heterocycles. The molecule has 0 unspecified atom stereocenters. The molecule has 39 heavy (non-hydrogen) atoms. The minimum atomic E-state index is -4.49. The average Bonchev–Trinajstić information content (AvgIpc) is 3.06. The molecule has 2 aliphatic carbocycles. The lowest BCUT2D eigenvalue weighted by atomic mass is 9.77. The van der Waals surface area contributed by atoms with E-state index in [2.05, 4.69) is 50.2 Å². The van der Waals surface area contributed by atoms with Crippen LogP contribution in [0.4, 0.5) is 0 Å². The SMILES string of the molecule is Cc1ccccc1-c1cc2c(c3c1OP(=O)(O)Oc1c(-c4ccccc4C)cc4c(c1-3)CCCC4)CCCC2. The molecule has 198 valence electrons. The van der Waals surface area contributed by atoms with Gasteiger partial charge in [-0.05, 0) is 122 Å². The van der Waals surface area contributed by atoms with E-state index >= 15 is 0 Å². The number of phosphoric ester groups is 1. The summed E-state index contributed by atoms with van der Waals surface area (Å²) >= 11 is 0. The van der Waals surface area contributed by atoms with Gasteiger partial charge < -0.3 is 9.05 Å². The van der Waals surface area contributed by atoms with E-state index in [0.717, 1.165) is 95.9 Å². The lowest BCUT2D eigenvalue weighted by Crippen LogP contribution is -2.10. The van der Waals surface area contributed by atoms with Crippen molar-refractivity contribution in [2.75, 3.05) is 0 Å². The molecule has 4 aromatic rings. The average molecular weight is 537 g/mol. The highest BCUT2D eigenvalue weighted by Crippen LogP contribution is 2.62. The van der Waals surface area contributed by atoms with Gasteiger partial charge in [0.05, 0.1) is 0 Å². The fourth-order valence-electron chi connectivity index (χ4n) is 6.89. The summed E-state index contributed by atoms with van der Waals surface area (Å²) in [4.78, 5) is 11.2. The van der Waals surface area contributed by atoms with E-state index in [4.69, 9.17) is 9.05 Å². The van der Waals surface area contributed by atoms with Gasteiger partial charge in [0.15, 0.2) is 0 Å². The summed E-state index contributed by atoms with van der Waals surface area (Å²) in [5, 5.41) is 0. The molecule has 0 bridgehead atoms.